The maximum absolute atomic E-state index is 13.0. The van der Waals surface area contributed by atoms with Crippen LogP contribution in [-0.4, -0.2) is 35.3 Å². The zero-order valence-corrected chi connectivity index (χ0v) is 14.1. The van der Waals surface area contributed by atoms with Gasteiger partial charge in [0, 0.05) is 18.9 Å². The van der Waals surface area contributed by atoms with Gasteiger partial charge in [0.2, 0.25) is 5.91 Å². The molecular weight excluding hydrogens is 288 g/mol. The highest BCUT2D eigenvalue weighted by atomic mass is 16.2. The minimum atomic E-state index is -0.504. The molecule has 0 spiro atoms. The first-order valence-electron chi connectivity index (χ1n) is 9.30. The molecule has 23 heavy (non-hydrogen) atoms. The molecule has 0 unspecified atom stereocenters. The van der Waals surface area contributed by atoms with E-state index < -0.39 is 5.54 Å². The molecule has 5 nitrogen and oxygen atoms in total. The second-order valence-electron chi connectivity index (χ2n) is 7.15. The van der Waals surface area contributed by atoms with Crippen molar-refractivity contribution in [3.63, 3.8) is 0 Å². The van der Waals surface area contributed by atoms with Gasteiger partial charge in [-0.2, -0.15) is 5.10 Å². The van der Waals surface area contributed by atoms with Gasteiger partial charge in [0.15, 0.2) is 0 Å². The van der Waals surface area contributed by atoms with Crippen LogP contribution in [0, 0.1) is 5.92 Å². The van der Waals surface area contributed by atoms with Gasteiger partial charge in [0.05, 0.1) is 0 Å². The van der Waals surface area contributed by atoms with E-state index in [2.05, 4.69) is 15.7 Å². The molecule has 1 aromatic rings. The minimum Gasteiger partial charge on any atom is -0.354 e. The molecule has 1 aromatic heterocycles. The number of rotatable bonds is 4. The summed E-state index contributed by atoms with van der Waals surface area (Å²) in [5.74, 6) is 0.806. The summed E-state index contributed by atoms with van der Waals surface area (Å²) in [4.78, 5) is 13.0. The Balaban J connectivity index is 1.62. The van der Waals surface area contributed by atoms with Gasteiger partial charge in [0.1, 0.15) is 5.54 Å². The molecule has 1 aliphatic carbocycles. The third-order valence-corrected chi connectivity index (χ3v) is 5.57. The second-order valence-corrected chi connectivity index (χ2v) is 7.15. The number of aromatic nitrogens is 2. The summed E-state index contributed by atoms with van der Waals surface area (Å²) >= 11 is 0. The standard InChI is InChI=1S/C18H30N4O/c23-17(20-15-16-7-4-2-1-3-5-8-16)18(9-12-19-13-10-18)22-14-6-11-21-22/h6,11,14,16,19H,1-5,7-10,12-13,15H2,(H,20,23). The molecule has 0 atom stereocenters. The number of nitrogens with one attached hydrogen (secondary N) is 2. The first kappa shape index (κ1) is 16.5. The van der Waals surface area contributed by atoms with Gasteiger partial charge < -0.3 is 10.6 Å². The van der Waals surface area contributed by atoms with Crippen LogP contribution in [0.4, 0.5) is 0 Å². The Labute approximate surface area is 139 Å². The van der Waals surface area contributed by atoms with Gasteiger partial charge in [-0.25, -0.2) is 0 Å². The normalized spacial score (nSPS) is 23.0. The first-order chi connectivity index (χ1) is 11.3. The maximum atomic E-state index is 13.0. The molecule has 0 bridgehead atoms. The van der Waals surface area contributed by atoms with Gasteiger partial charge in [-0.1, -0.05) is 32.1 Å². The minimum absolute atomic E-state index is 0.157. The predicted molar refractivity (Wildman–Crippen MR) is 91.1 cm³/mol. The van der Waals surface area contributed by atoms with Crippen molar-refractivity contribution in [3.05, 3.63) is 18.5 Å². The van der Waals surface area contributed by atoms with Crippen molar-refractivity contribution >= 4 is 5.91 Å². The molecule has 1 aliphatic heterocycles. The lowest BCUT2D eigenvalue weighted by atomic mass is 9.86. The lowest BCUT2D eigenvalue weighted by molar-refractivity contribution is -0.132. The van der Waals surface area contributed by atoms with Crippen molar-refractivity contribution in [1.29, 1.82) is 0 Å². The summed E-state index contributed by atoms with van der Waals surface area (Å²) in [5, 5.41) is 11.0. The smallest absolute Gasteiger partial charge is 0.248 e. The lowest BCUT2D eigenvalue weighted by Crippen LogP contribution is -2.55. The summed E-state index contributed by atoms with van der Waals surface area (Å²) in [6.45, 7) is 2.57. The maximum Gasteiger partial charge on any atom is 0.248 e. The van der Waals surface area contributed by atoms with E-state index in [0.29, 0.717) is 5.92 Å². The molecule has 5 heteroatoms. The van der Waals surface area contributed by atoms with Crippen LogP contribution in [0.25, 0.3) is 0 Å². The highest BCUT2D eigenvalue weighted by molar-refractivity contribution is 5.84. The number of carbonyl (C=O) groups excluding carboxylic acids is 1. The molecular formula is C18H30N4O. The molecule has 128 valence electrons. The monoisotopic (exact) mass is 318 g/mol. The Morgan fingerprint density at radius 3 is 2.52 bits per heavy atom. The summed E-state index contributed by atoms with van der Waals surface area (Å²) < 4.78 is 1.88. The third kappa shape index (κ3) is 3.94. The number of carbonyl (C=O) groups is 1. The van der Waals surface area contributed by atoms with Crippen molar-refractivity contribution in [3.8, 4) is 0 Å². The molecule has 2 aliphatic rings. The van der Waals surface area contributed by atoms with Gasteiger partial charge in [-0.15, -0.1) is 0 Å². The Kier molecular flexibility index (Phi) is 5.70. The summed E-state index contributed by atoms with van der Waals surface area (Å²) in [7, 11) is 0. The number of hydrogen-bond donors (Lipinski definition) is 2. The Morgan fingerprint density at radius 2 is 1.87 bits per heavy atom. The molecule has 3 rings (SSSR count). The molecule has 2 N–H and O–H groups in total. The van der Waals surface area contributed by atoms with E-state index >= 15 is 0 Å². The van der Waals surface area contributed by atoms with Crippen LogP contribution in [0.5, 0.6) is 0 Å². The Hall–Kier alpha value is -1.36. The van der Waals surface area contributed by atoms with E-state index in [1.807, 2.05) is 16.9 Å². The quantitative estimate of drug-likeness (QED) is 0.896. The van der Waals surface area contributed by atoms with Gasteiger partial charge in [0.25, 0.3) is 0 Å². The highest BCUT2D eigenvalue weighted by Crippen LogP contribution is 2.28. The topological polar surface area (TPSA) is 59.0 Å². The predicted octanol–water partition coefficient (Wildman–Crippen LogP) is 2.44. The van der Waals surface area contributed by atoms with E-state index in [1.165, 1.54) is 44.9 Å². The average Bonchev–Trinajstić information content (AvgIpc) is 3.09. The van der Waals surface area contributed by atoms with Crippen LogP contribution < -0.4 is 10.6 Å². The largest absolute Gasteiger partial charge is 0.354 e. The van der Waals surface area contributed by atoms with E-state index in [1.54, 1.807) is 6.20 Å². The van der Waals surface area contributed by atoms with Crippen LogP contribution in [0.1, 0.15) is 57.8 Å². The average molecular weight is 318 g/mol. The number of hydrogen-bond acceptors (Lipinski definition) is 3. The summed E-state index contributed by atoms with van der Waals surface area (Å²) in [6.07, 6.45) is 14.6. The zero-order chi connectivity index (χ0) is 16.0. The van der Waals surface area contributed by atoms with Crippen molar-refractivity contribution in [2.45, 2.75) is 63.3 Å². The van der Waals surface area contributed by atoms with E-state index in [4.69, 9.17) is 0 Å². The van der Waals surface area contributed by atoms with Crippen LogP contribution in [0.3, 0.4) is 0 Å². The fourth-order valence-electron chi connectivity index (χ4n) is 4.07. The SMILES string of the molecule is O=C(NCC1CCCCCCC1)C1(n2cccn2)CCNCC1. The van der Waals surface area contributed by atoms with E-state index in [9.17, 15) is 4.79 Å². The molecule has 0 radical (unpaired) electrons. The van der Waals surface area contributed by atoms with Crippen molar-refractivity contribution in [2.24, 2.45) is 5.92 Å². The van der Waals surface area contributed by atoms with Crippen LogP contribution in [0.2, 0.25) is 0 Å². The van der Waals surface area contributed by atoms with E-state index in [0.717, 1.165) is 32.5 Å². The Morgan fingerprint density at radius 1 is 1.17 bits per heavy atom. The molecule has 1 saturated heterocycles. The number of piperidine rings is 1. The molecule has 0 aromatic carbocycles. The van der Waals surface area contributed by atoms with Crippen molar-refractivity contribution in [2.75, 3.05) is 19.6 Å². The van der Waals surface area contributed by atoms with Crippen molar-refractivity contribution in [1.82, 2.24) is 20.4 Å². The fourth-order valence-corrected chi connectivity index (χ4v) is 4.07. The van der Waals surface area contributed by atoms with E-state index in [-0.39, 0.29) is 5.91 Å². The number of nitrogens with zero attached hydrogens (tertiary/aromatic N) is 2. The molecule has 2 fully saturated rings. The molecule has 1 saturated carbocycles. The van der Waals surface area contributed by atoms with Crippen LogP contribution >= 0.6 is 0 Å². The van der Waals surface area contributed by atoms with Crippen LogP contribution in [-0.2, 0) is 10.3 Å². The highest BCUT2D eigenvalue weighted by Gasteiger charge is 2.41. The third-order valence-electron chi connectivity index (χ3n) is 5.57. The first-order valence-corrected chi connectivity index (χ1v) is 9.30. The van der Waals surface area contributed by atoms with Gasteiger partial charge in [-0.3, -0.25) is 9.48 Å². The molecule has 1 amide bonds. The summed E-state index contributed by atoms with van der Waals surface area (Å²) in [5.41, 5.74) is -0.504. The second kappa shape index (κ2) is 7.95. The van der Waals surface area contributed by atoms with Gasteiger partial charge in [-0.05, 0) is 50.8 Å². The molecule has 2 heterocycles. The van der Waals surface area contributed by atoms with Crippen molar-refractivity contribution < 1.29 is 4.79 Å². The van der Waals surface area contributed by atoms with Gasteiger partial charge >= 0.3 is 0 Å². The lowest BCUT2D eigenvalue weighted by Gasteiger charge is -2.37. The fraction of sp³-hybridized carbons (Fsp3) is 0.778. The zero-order valence-electron chi connectivity index (χ0n) is 14.1. The van der Waals surface area contributed by atoms with Crippen LogP contribution in [0.15, 0.2) is 18.5 Å². The summed E-state index contributed by atoms with van der Waals surface area (Å²) in [6, 6.07) is 1.91. The Bertz CT molecular complexity index is 471. The number of amides is 1.